The maximum Gasteiger partial charge on any atom is 0.0300 e. The zero-order valence-electron chi connectivity index (χ0n) is 14.0. The third kappa shape index (κ3) is 4.00. The van der Waals surface area contributed by atoms with E-state index in [9.17, 15) is 0 Å². The van der Waals surface area contributed by atoms with Crippen LogP contribution >= 0.6 is 0 Å². The molecule has 0 aliphatic carbocycles. The Balaban J connectivity index is 1.65. The van der Waals surface area contributed by atoms with E-state index in [1.54, 1.807) is 0 Å². The summed E-state index contributed by atoms with van der Waals surface area (Å²) in [6.07, 6.45) is 2.27. The summed E-state index contributed by atoms with van der Waals surface area (Å²) >= 11 is 0. The number of rotatable bonds is 6. The van der Waals surface area contributed by atoms with Crippen molar-refractivity contribution < 1.29 is 0 Å². The first-order valence-electron chi connectivity index (χ1n) is 8.51. The molecule has 1 unspecified atom stereocenters. The molecular formula is C22H25N. The molecule has 0 aliphatic heterocycles. The van der Waals surface area contributed by atoms with E-state index in [0.29, 0.717) is 12.1 Å². The zero-order valence-corrected chi connectivity index (χ0v) is 14.0. The van der Waals surface area contributed by atoms with Crippen LogP contribution in [0.3, 0.4) is 0 Å². The van der Waals surface area contributed by atoms with Gasteiger partial charge in [-0.2, -0.15) is 0 Å². The Hall–Kier alpha value is -2.12. The van der Waals surface area contributed by atoms with Crippen molar-refractivity contribution in [3.63, 3.8) is 0 Å². The van der Waals surface area contributed by atoms with Crippen LogP contribution in [0.4, 0.5) is 0 Å². The van der Waals surface area contributed by atoms with Gasteiger partial charge >= 0.3 is 0 Å². The first-order valence-corrected chi connectivity index (χ1v) is 8.51. The molecular weight excluding hydrogens is 278 g/mol. The van der Waals surface area contributed by atoms with E-state index in [0.717, 1.165) is 12.8 Å². The predicted octanol–water partition coefficient (Wildman–Crippen LogP) is 5.51. The molecule has 1 N–H and O–H groups in total. The average Bonchev–Trinajstić information content (AvgIpc) is 2.60. The SMILES string of the molecule is CC(CCc1ccccc1)N[C@H](C)c1cccc2ccccc12. The molecule has 0 aromatic heterocycles. The van der Waals surface area contributed by atoms with E-state index in [1.807, 2.05) is 0 Å². The summed E-state index contributed by atoms with van der Waals surface area (Å²) in [6.45, 7) is 4.55. The molecule has 0 aliphatic rings. The molecule has 0 bridgehead atoms. The molecule has 3 aromatic rings. The van der Waals surface area contributed by atoms with Crippen molar-refractivity contribution in [3.05, 3.63) is 83.9 Å². The standard InChI is InChI=1S/C22H25N/c1-17(15-16-19-9-4-3-5-10-19)23-18(2)21-14-8-12-20-11-6-7-13-22(20)21/h3-14,17-18,23H,15-16H2,1-2H3/t17?,18-/m1/s1. The first kappa shape index (κ1) is 15.8. The van der Waals surface area contributed by atoms with Crippen LogP contribution in [-0.4, -0.2) is 6.04 Å². The van der Waals surface area contributed by atoms with Gasteiger partial charge in [0.15, 0.2) is 0 Å². The van der Waals surface area contributed by atoms with Crippen LogP contribution in [0.2, 0.25) is 0 Å². The van der Waals surface area contributed by atoms with Crippen molar-refractivity contribution in [3.8, 4) is 0 Å². The number of hydrogen-bond donors (Lipinski definition) is 1. The van der Waals surface area contributed by atoms with Crippen LogP contribution in [0.25, 0.3) is 10.8 Å². The van der Waals surface area contributed by atoms with Crippen molar-refractivity contribution in [1.29, 1.82) is 0 Å². The Morgan fingerprint density at radius 1 is 0.783 bits per heavy atom. The summed E-state index contributed by atoms with van der Waals surface area (Å²) in [5.41, 5.74) is 2.80. The van der Waals surface area contributed by atoms with E-state index in [4.69, 9.17) is 0 Å². The van der Waals surface area contributed by atoms with Crippen molar-refractivity contribution in [2.24, 2.45) is 0 Å². The molecule has 23 heavy (non-hydrogen) atoms. The maximum absolute atomic E-state index is 3.76. The molecule has 2 atom stereocenters. The zero-order chi connectivity index (χ0) is 16.1. The quantitative estimate of drug-likeness (QED) is 0.633. The van der Waals surface area contributed by atoms with E-state index < -0.39 is 0 Å². The molecule has 0 radical (unpaired) electrons. The van der Waals surface area contributed by atoms with Gasteiger partial charge in [-0.3, -0.25) is 0 Å². The van der Waals surface area contributed by atoms with Gasteiger partial charge in [0, 0.05) is 12.1 Å². The third-order valence-electron chi connectivity index (χ3n) is 4.53. The highest BCUT2D eigenvalue weighted by molar-refractivity contribution is 5.86. The van der Waals surface area contributed by atoms with E-state index in [2.05, 4.69) is 92.0 Å². The number of fused-ring (bicyclic) bond motifs is 1. The second-order valence-corrected chi connectivity index (χ2v) is 6.38. The van der Waals surface area contributed by atoms with Crippen LogP contribution in [0.5, 0.6) is 0 Å². The van der Waals surface area contributed by atoms with Gasteiger partial charge in [0.05, 0.1) is 0 Å². The summed E-state index contributed by atoms with van der Waals surface area (Å²) in [7, 11) is 0. The fourth-order valence-electron chi connectivity index (χ4n) is 3.26. The average molecular weight is 303 g/mol. The van der Waals surface area contributed by atoms with E-state index in [-0.39, 0.29) is 0 Å². The number of benzene rings is 3. The van der Waals surface area contributed by atoms with Gasteiger partial charge in [-0.15, -0.1) is 0 Å². The number of nitrogens with one attached hydrogen (secondary N) is 1. The lowest BCUT2D eigenvalue weighted by Crippen LogP contribution is -2.29. The highest BCUT2D eigenvalue weighted by Gasteiger charge is 2.12. The minimum atomic E-state index is 0.354. The molecule has 0 saturated heterocycles. The highest BCUT2D eigenvalue weighted by Crippen LogP contribution is 2.24. The molecule has 0 amide bonds. The minimum Gasteiger partial charge on any atom is -0.308 e. The van der Waals surface area contributed by atoms with Gasteiger partial charge in [0.25, 0.3) is 0 Å². The predicted molar refractivity (Wildman–Crippen MR) is 99.7 cm³/mol. The lowest BCUT2D eigenvalue weighted by Gasteiger charge is -2.22. The molecule has 3 rings (SSSR count). The van der Waals surface area contributed by atoms with E-state index >= 15 is 0 Å². The summed E-state index contributed by atoms with van der Waals surface area (Å²) in [5, 5.41) is 6.43. The van der Waals surface area contributed by atoms with Crippen LogP contribution in [0.15, 0.2) is 72.8 Å². The second kappa shape index (κ2) is 7.43. The second-order valence-electron chi connectivity index (χ2n) is 6.38. The fraction of sp³-hybridized carbons (Fsp3) is 0.273. The molecule has 0 fully saturated rings. The van der Waals surface area contributed by atoms with Crippen LogP contribution in [-0.2, 0) is 6.42 Å². The first-order chi connectivity index (χ1) is 11.2. The number of hydrogen-bond acceptors (Lipinski definition) is 1. The molecule has 3 aromatic carbocycles. The lowest BCUT2D eigenvalue weighted by molar-refractivity contribution is 0.458. The van der Waals surface area contributed by atoms with Gasteiger partial charge in [-0.05, 0) is 48.6 Å². The summed E-state index contributed by atoms with van der Waals surface area (Å²) in [4.78, 5) is 0. The Bertz CT molecular complexity index is 743. The largest absolute Gasteiger partial charge is 0.308 e. The van der Waals surface area contributed by atoms with Gasteiger partial charge < -0.3 is 5.32 Å². The van der Waals surface area contributed by atoms with Crippen molar-refractivity contribution in [1.82, 2.24) is 5.32 Å². The van der Waals surface area contributed by atoms with Gasteiger partial charge in [0.1, 0.15) is 0 Å². The monoisotopic (exact) mass is 303 g/mol. The Morgan fingerprint density at radius 2 is 1.48 bits per heavy atom. The van der Waals surface area contributed by atoms with Crippen LogP contribution < -0.4 is 5.32 Å². The lowest BCUT2D eigenvalue weighted by atomic mass is 9.98. The highest BCUT2D eigenvalue weighted by atomic mass is 14.9. The third-order valence-corrected chi connectivity index (χ3v) is 4.53. The number of aryl methyl sites for hydroxylation is 1. The Morgan fingerprint density at radius 3 is 2.30 bits per heavy atom. The van der Waals surface area contributed by atoms with Gasteiger partial charge in [-0.1, -0.05) is 72.8 Å². The molecule has 118 valence electrons. The van der Waals surface area contributed by atoms with Crippen molar-refractivity contribution >= 4 is 10.8 Å². The summed E-state index contributed by atoms with van der Waals surface area (Å²) in [6, 6.07) is 26.8. The Kier molecular flexibility index (Phi) is 5.09. The van der Waals surface area contributed by atoms with Crippen molar-refractivity contribution in [2.45, 2.75) is 38.8 Å². The summed E-state index contributed by atoms with van der Waals surface area (Å²) in [5.74, 6) is 0. The smallest absolute Gasteiger partial charge is 0.0300 e. The minimum absolute atomic E-state index is 0.354. The molecule has 0 heterocycles. The van der Waals surface area contributed by atoms with Crippen LogP contribution in [0, 0.1) is 0 Å². The fourth-order valence-corrected chi connectivity index (χ4v) is 3.26. The Labute approximate surface area is 139 Å². The van der Waals surface area contributed by atoms with Gasteiger partial charge in [0.2, 0.25) is 0 Å². The van der Waals surface area contributed by atoms with Gasteiger partial charge in [-0.25, -0.2) is 0 Å². The molecule has 0 saturated carbocycles. The maximum atomic E-state index is 3.76. The topological polar surface area (TPSA) is 12.0 Å². The molecule has 0 spiro atoms. The van der Waals surface area contributed by atoms with Crippen LogP contribution in [0.1, 0.15) is 37.4 Å². The molecule has 1 nitrogen and oxygen atoms in total. The summed E-state index contributed by atoms with van der Waals surface area (Å²) < 4.78 is 0. The molecule has 1 heteroatoms. The normalized spacial score (nSPS) is 13.8. The van der Waals surface area contributed by atoms with Crippen molar-refractivity contribution in [2.75, 3.05) is 0 Å². The van der Waals surface area contributed by atoms with E-state index in [1.165, 1.54) is 21.9 Å².